The average Bonchev–Trinajstić information content (AvgIpc) is 2.43. The van der Waals surface area contributed by atoms with Gasteiger partial charge >= 0.3 is 0 Å². The summed E-state index contributed by atoms with van der Waals surface area (Å²) < 4.78 is 11.0. The van der Waals surface area contributed by atoms with Gasteiger partial charge in [0.05, 0.1) is 19.8 Å². The summed E-state index contributed by atoms with van der Waals surface area (Å²) in [4.78, 5) is 11.1. The molecule has 0 spiro atoms. The van der Waals surface area contributed by atoms with E-state index in [1.54, 1.807) is 13.2 Å². The lowest BCUT2D eigenvalue weighted by Gasteiger charge is -2.28. The van der Waals surface area contributed by atoms with E-state index < -0.39 is 5.41 Å². The molecule has 1 rings (SSSR count). The number of hydrogen-bond donors (Lipinski definition) is 0. The zero-order valence-corrected chi connectivity index (χ0v) is 11.9. The number of carbonyl (C=O) groups excluding carboxylic acids is 1. The first-order valence-corrected chi connectivity index (χ1v) is 6.35. The van der Waals surface area contributed by atoms with Crippen molar-refractivity contribution in [1.29, 1.82) is 0 Å². The molecule has 0 aliphatic rings. The van der Waals surface area contributed by atoms with Crippen LogP contribution in [-0.2, 0) is 16.1 Å². The Bertz CT molecular complexity index is 407. The van der Waals surface area contributed by atoms with E-state index in [4.69, 9.17) is 9.47 Å². The maximum atomic E-state index is 11.1. The molecule has 0 bridgehead atoms. The smallest absolute Gasteiger partial charge is 0.128 e. The molecule has 19 heavy (non-hydrogen) atoms. The predicted molar refractivity (Wildman–Crippen MR) is 76.2 cm³/mol. The van der Waals surface area contributed by atoms with Gasteiger partial charge in [-0.05, 0) is 24.1 Å². The highest BCUT2D eigenvalue weighted by molar-refractivity contribution is 5.59. The van der Waals surface area contributed by atoms with E-state index in [0.717, 1.165) is 17.6 Å². The summed E-state index contributed by atoms with van der Waals surface area (Å²) in [5.41, 5.74) is 0.539. The quantitative estimate of drug-likeness (QED) is 0.532. The van der Waals surface area contributed by atoms with Crippen LogP contribution >= 0.6 is 0 Å². The Labute approximate surface area is 115 Å². The van der Waals surface area contributed by atoms with Crippen molar-refractivity contribution in [1.82, 2.24) is 0 Å². The van der Waals surface area contributed by atoms with Crippen LogP contribution in [0.2, 0.25) is 0 Å². The third-order valence-corrected chi connectivity index (χ3v) is 3.12. The van der Waals surface area contributed by atoms with Crippen molar-refractivity contribution in [2.45, 2.75) is 33.0 Å². The number of rotatable bonds is 8. The van der Waals surface area contributed by atoms with E-state index in [-0.39, 0.29) is 6.10 Å². The van der Waals surface area contributed by atoms with Crippen LogP contribution in [0.3, 0.4) is 0 Å². The molecule has 0 radical (unpaired) electrons. The molecule has 0 amide bonds. The molecule has 3 heteroatoms. The summed E-state index contributed by atoms with van der Waals surface area (Å²) in [7, 11) is 1.64. The summed E-state index contributed by atoms with van der Waals surface area (Å²) in [5.74, 6) is 0.819. The van der Waals surface area contributed by atoms with Crippen molar-refractivity contribution in [3.63, 3.8) is 0 Å². The van der Waals surface area contributed by atoms with Crippen molar-refractivity contribution in [2.24, 2.45) is 5.41 Å². The lowest BCUT2D eigenvalue weighted by molar-refractivity contribution is -0.124. The standard InChI is InChI=1S/C16H22O3/c1-5-6-15(16(2,3)12-17)19-11-13-7-9-14(18-4)10-8-13/h5,7-10,12,15H,1,6,11H2,2-4H3/t15-/m1/s1. The number of hydrogen-bond acceptors (Lipinski definition) is 3. The van der Waals surface area contributed by atoms with Gasteiger partial charge in [-0.2, -0.15) is 0 Å². The molecule has 0 aliphatic carbocycles. The maximum Gasteiger partial charge on any atom is 0.128 e. The van der Waals surface area contributed by atoms with Crippen LogP contribution in [0.15, 0.2) is 36.9 Å². The topological polar surface area (TPSA) is 35.5 Å². The van der Waals surface area contributed by atoms with Gasteiger partial charge in [0, 0.05) is 5.41 Å². The van der Waals surface area contributed by atoms with Crippen LogP contribution in [0.25, 0.3) is 0 Å². The zero-order chi connectivity index (χ0) is 14.3. The summed E-state index contributed by atoms with van der Waals surface area (Å²) in [6.45, 7) is 7.94. The van der Waals surface area contributed by atoms with Gasteiger partial charge in [0.1, 0.15) is 12.0 Å². The summed E-state index contributed by atoms with van der Waals surface area (Å²) >= 11 is 0. The fourth-order valence-electron chi connectivity index (χ4n) is 1.73. The van der Waals surface area contributed by atoms with Gasteiger partial charge in [0.25, 0.3) is 0 Å². The third-order valence-electron chi connectivity index (χ3n) is 3.12. The van der Waals surface area contributed by atoms with E-state index in [9.17, 15) is 4.79 Å². The molecule has 3 nitrogen and oxygen atoms in total. The van der Waals surface area contributed by atoms with E-state index in [1.807, 2.05) is 38.1 Å². The van der Waals surface area contributed by atoms with Crippen LogP contribution in [0.4, 0.5) is 0 Å². The minimum Gasteiger partial charge on any atom is -0.497 e. The molecular formula is C16H22O3. The van der Waals surface area contributed by atoms with E-state index in [1.165, 1.54) is 0 Å². The zero-order valence-electron chi connectivity index (χ0n) is 11.9. The van der Waals surface area contributed by atoms with Gasteiger partial charge < -0.3 is 14.3 Å². The van der Waals surface area contributed by atoms with Crippen molar-refractivity contribution in [2.75, 3.05) is 7.11 Å². The van der Waals surface area contributed by atoms with Crippen LogP contribution < -0.4 is 4.74 Å². The number of carbonyl (C=O) groups is 1. The number of ether oxygens (including phenoxy) is 2. The van der Waals surface area contributed by atoms with Crippen molar-refractivity contribution >= 4 is 6.29 Å². The molecule has 1 aromatic rings. The van der Waals surface area contributed by atoms with Gasteiger partial charge in [-0.1, -0.05) is 32.1 Å². The van der Waals surface area contributed by atoms with E-state index >= 15 is 0 Å². The highest BCUT2D eigenvalue weighted by atomic mass is 16.5. The molecule has 0 fully saturated rings. The molecule has 104 valence electrons. The average molecular weight is 262 g/mol. The maximum absolute atomic E-state index is 11.1. The minimum absolute atomic E-state index is 0.162. The Morgan fingerprint density at radius 3 is 2.42 bits per heavy atom. The normalized spacial score (nSPS) is 12.8. The molecule has 1 atom stereocenters. The SMILES string of the molecule is C=CC[C@@H](OCc1ccc(OC)cc1)C(C)(C)C=O. The van der Waals surface area contributed by atoms with Gasteiger partial charge in [0.2, 0.25) is 0 Å². The lowest BCUT2D eigenvalue weighted by Crippen LogP contribution is -2.33. The first kappa shape index (κ1) is 15.4. The first-order valence-electron chi connectivity index (χ1n) is 6.35. The second-order valence-corrected chi connectivity index (χ2v) is 5.11. The monoisotopic (exact) mass is 262 g/mol. The number of aldehydes is 1. The summed E-state index contributed by atoms with van der Waals surface area (Å²) in [5, 5.41) is 0. The lowest BCUT2D eigenvalue weighted by atomic mass is 9.86. The fourth-order valence-corrected chi connectivity index (χ4v) is 1.73. The molecular weight excluding hydrogens is 240 g/mol. The molecule has 0 heterocycles. The fraction of sp³-hybridized carbons (Fsp3) is 0.438. The van der Waals surface area contributed by atoms with Crippen molar-refractivity contribution in [3.05, 3.63) is 42.5 Å². The Morgan fingerprint density at radius 2 is 1.95 bits per heavy atom. The number of methoxy groups -OCH3 is 1. The van der Waals surface area contributed by atoms with Gasteiger partial charge in [-0.15, -0.1) is 6.58 Å². The second kappa shape index (κ2) is 7.10. The Balaban J connectivity index is 2.65. The molecule has 0 saturated carbocycles. The third kappa shape index (κ3) is 4.52. The molecule has 0 saturated heterocycles. The Kier molecular flexibility index (Phi) is 5.77. The highest BCUT2D eigenvalue weighted by Gasteiger charge is 2.28. The highest BCUT2D eigenvalue weighted by Crippen LogP contribution is 2.25. The molecule has 0 N–H and O–H groups in total. The van der Waals surface area contributed by atoms with Gasteiger partial charge in [0.15, 0.2) is 0 Å². The van der Waals surface area contributed by atoms with Crippen LogP contribution in [0.5, 0.6) is 5.75 Å². The summed E-state index contributed by atoms with van der Waals surface area (Å²) in [6, 6.07) is 7.70. The minimum atomic E-state index is -0.513. The van der Waals surface area contributed by atoms with Gasteiger partial charge in [-0.3, -0.25) is 0 Å². The van der Waals surface area contributed by atoms with Crippen LogP contribution in [0.1, 0.15) is 25.8 Å². The van der Waals surface area contributed by atoms with Gasteiger partial charge in [-0.25, -0.2) is 0 Å². The summed E-state index contributed by atoms with van der Waals surface area (Å²) in [6.07, 6.45) is 3.21. The second-order valence-electron chi connectivity index (χ2n) is 5.11. The Morgan fingerprint density at radius 1 is 1.32 bits per heavy atom. The molecule has 0 unspecified atom stereocenters. The van der Waals surface area contributed by atoms with Crippen LogP contribution in [0, 0.1) is 5.41 Å². The van der Waals surface area contributed by atoms with Crippen LogP contribution in [-0.4, -0.2) is 19.5 Å². The predicted octanol–water partition coefficient (Wildman–Crippen LogP) is 3.38. The molecule has 1 aromatic carbocycles. The number of benzene rings is 1. The van der Waals surface area contributed by atoms with Crippen molar-refractivity contribution in [3.8, 4) is 5.75 Å². The molecule has 0 aromatic heterocycles. The molecule has 0 aliphatic heterocycles. The van der Waals surface area contributed by atoms with Crippen molar-refractivity contribution < 1.29 is 14.3 Å². The van der Waals surface area contributed by atoms with E-state index in [2.05, 4.69) is 6.58 Å². The largest absolute Gasteiger partial charge is 0.497 e. The first-order chi connectivity index (χ1) is 9.03. The van der Waals surface area contributed by atoms with E-state index in [0.29, 0.717) is 13.0 Å². The Hall–Kier alpha value is -1.61.